The molecule has 1 saturated heterocycles. The number of aromatic nitrogens is 2. The lowest BCUT2D eigenvalue weighted by molar-refractivity contribution is 0.0123. The minimum absolute atomic E-state index is 0.0558. The van der Waals surface area contributed by atoms with E-state index < -0.39 is 0 Å². The van der Waals surface area contributed by atoms with Crippen LogP contribution in [0.2, 0.25) is 0 Å². The van der Waals surface area contributed by atoms with E-state index in [0.29, 0.717) is 29.5 Å². The molecule has 2 fully saturated rings. The SMILES string of the molecule is CC(C)n1cnc(C(=O)N2C[C@@H]3[C@H](C2)[C@H]3C2=NOC(C)(C)C2)c1. The van der Waals surface area contributed by atoms with Crippen molar-refractivity contribution >= 4 is 11.6 Å². The van der Waals surface area contributed by atoms with E-state index in [-0.39, 0.29) is 11.5 Å². The predicted octanol–water partition coefficient (Wildman–Crippen LogP) is 2.34. The number of imidazole rings is 1. The van der Waals surface area contributed by atoms with Gasteiger partial charge in [-0.05, 0) is 39.5 Å². The van der Waals surface area contributed by atoms with Crippen molar-refractivity contribution in [1.29, 1.82) is 0 Å². The van der Waals surface area contributed by atoms with Crippen molar-refractivity contribution < 1.29 is 9.63 Å². The van der Waals surface area contributed by atoms with Crippen molar-refractivity contribution in [2.45, 2.75) is 45.8 Å². The van der Waals surface area contributed by atoms with Gasteiger partial charge in [-0.25, -0.2) is 4.98 Å². The average Bonchev–Trinajstić information content (AvgIpc) is 2.96. The van der Waals surface area contributed by atoms with Crippen LogP contribution in [0.15, 0.2) is 17.7 Å². The number of oxime groups is 1. The molecule has 1 aliphatic carbocycles. The second-order valence-corrected chi connectivity index (χ2v) is 7.97. The van der Waals surface area contributed by atoms with Crippen molar-refractivity contribution in [3.05, 3.63) is 18.2 Å². The van der Waals surface area contributed by atoms with Crippen LogP contribution in [-0.4, -0.2) is 44.8 Å². The van der Waals surface area contributed by atoms with E-state index in [4.69, 9.17) is 4.84 Å². The molecule has 3 aliphatic rings. The molecular formula is C17H24N4O2. The molecule has 1 aromatic heterocycles. The number of carbonyl (C=O) groups is 1. The normalized spacial score (nSPS) is 31.1. The first-order chi connectivity index (χ1) is 10.9. The van der Waals surface area contributed by atoms with Gasteiger partial charge in [0, 0.05) is 37.7 Å². The van der Waals surface area contributed by atoms with Crippen LogP contribution < -0.4 is 0 Å². The number of fused-ring (bicyclic) bond motifs is 1. The van der Waals surface area contributed by atoms with Crippen molar-refractivity contribution in [1.82, 2.24) is 14.5 Å². The third-order valence-corrected chi connectivity index (χ3v) is 5.30. The molecular weight excluding hydrogens is 292 g/mol. The molecule has 6 heteroatoms. The number of hydrogen-bond acceptors (Lipinski definition) is 4. The Kier molecular flexibility index (Phi) is 3.09. The highest BCUT2D eigenvalue weighted by molar-refractivity contribution is 5.94. The van der Waals surface area contributed by atoms with Crippen LogP contribution in [-0.2, 0) is 4.84 Å². The molecule has 1 saturated carbocycles. The van der Waals surface area contributed by atoms with Crippen LogP contribution >= 0.6 is 0 Å². The van der Waals surface area contributed by atoms with E-state index >= 15 is 0 Å². The zero-order chi connectivity index (χ0) is 16.4. The van der Waals surface area contributed by atoms with Gasteiger partial charge >= 0.3 is 0 Å². The Labute approximate surface area is 136 Å². The van der Waals surface area contributed by atoms with Gasteiger partial charge in [0.05, 0.1) is 12.0 Å². The number of likely N-dealkylation sites (tertiary alicyclic amines) is 1. The molecule has 2 aliphatic heterocycles. The van der Waals surface area contributed by atoms with Gasteiger partial charge in [0.2, 0.25) is 0 Å². The Morgan fingerprint density at radius 1 is 1.35 bits per heavy atom. The minimum Gasteiger partial charge on any atom is -0.389 e. The number of hydrogen-bond donors (Lipinski definition) is 0. The van der Waals surface area contributed by atoms with Gasteiger partial charge in [0.1, 0.15) is 11.3 Å². The summed E-state index contributed by atoms with van der Waals surface area (Å²) < 4.78 is 1.97. The summed E-state index contributed by atoms with van der Waals surface area (Å²) in [6, 6.07) is 0.323. The summed E-state index contributed by atoms with van der Waals surface area (Å²) in [6.07, 6.45) is 4.51. The summed E-state index contributed by atoms with van der Waals surface area (Å²) in [5, 5.41) is 4.28. The molecule has 0 bridgehead atoms. The van der Waals surface area contributed by atoms with Gasteiger partial charge in [-0.3, -0.25) is 4.79 Å². The average molecular weight is 316 g/mol. The fourth-order valence-electron chi connectivity index (χ4n) is 3.94. The number of carbonyl (C=O) groups excluding carboxylic acids is 1. The summed E-state index contributed by atoms with van der Waals surface area (Å²) in [4.78, 5) is 24.3. The van der Waals surface area contributed by atoms with Crippen LogP contribution in [0.25, 0.3) is 0 Å². The van der Waals surface area contributed by atoms with E-state index in [2.05, 4.69) is 37.8 Å². The maximum atomic E-state index is 12.6. The minimum atomic E-state index is -0.161. The van der Waals surface area contributed by atoms with Crippen LogP contribution in [0, 0.1) is 17.8 Å². The number of nitrogens with zero attached hydrogens (tertiary/aromatic N) is 4. The Balaban J connectivity index is 1.37. The summed E-state index contributed by atoms with van der Waals surface area (Å²) in [6.45, 7) is 9.95. The Morgan fingerprint density at radius 3 is 2.57 bits per heavy atom. The first-order valence-corrected chi connectivity index (χ1v) is 8.43. The third kappa shape index (κ3) is 2.44. The predicted molar refractivity (Wildman–Crippen MR) is 86.2 cm³/mol. The molecule has 1 amide bonds. The fraction of sp³-hybridized carbons (Fsp3) is 0.706. The summed E-state index contributed by atoms with van der Waals surface area (Å²) >= 11 is 0. The number of piperidine rings is 1. The molecule has 23 heavy (non-hydrogen) atoms. The van der Waals surface area contributed by atoms with Gasteiger partial charge in [-0.1, -0.05) is 5.16 Å². The molecule has 0 spiro atoms. The number of amides is 1. The maximum absolute atomic E-state index is 12.6. The Hall–Kier alpha value is -1.85. The van der Waals surface area contributed by atoms with Gasteiger partial charge < -0.3 is 14.3 Å². The topological polar surface area (TPSA) is 59.7 Å². The third-order valence-electron chi connectivity index (χ3n) is 5.30. The van der Waals surface area contributed by atoms with E-state index in [1.54, 1.807) is 6.33 Å². The Bertz CT molecular complexity index is 664. The highest BCUT2D eigenvalue weighted by atomic mass is 16.7. The summed E-state index contributed by atoms with van der Waals surface area (Å²) in [5.41, 5.74) is 1.59. The highest BCUT2D eigenvalue weighted by Gasteiger charge is 2.60. The van der Waals surface area contributed by atoms with Crippen molar-refractivity contribution in [2.75, 3.05) is 13.1 Å². The van der Waals surface area contributed by atoms with Crippen LogP contribution in [0.5, 0.6) is 0 Å². The lowest BCUT2D eigenvalue weighted by Gasteiger charge is -2.19. The van der Waals surface area contributed by atoms with Gasteiger partial charge in [0.15, 0.2) is 0 Å². The van der Waals surface area contributed by atoms with Gasteiger partial charge in [-0.2, -0.15) is 0 Å². The standard InChI is InChI=1S/C17H24N4O2/c1-10(2)21-8-14(18-9-21)16(22)20-6-11-12(7-20)15(11)13-5-17(3,4)23-19-13/h8-12,15H,5-7H2,1-4H3/t11-,12+,15+. The van der Waals surface area contributed by atoms with E-state index in [9.17, 15) is 4.79 Å². The largest absolute Gasteiger partial charge is 0.389 e. The monoisotopic (exact) mass is 316 g/mol. The smallest absolute Gasteiger partial charge is 0.274 e. The molecule has 0 unspecified atom stereocenters. The van der Waals surface area contributed by atoms with E-state index in [1.165, 1.54) is 5.71 Å². The van der Waals surface area contributed by atoms with Crippen molar-refractivity contribution in [3.8, 4) is 0 Å². The number of rotatable bonds is 3. The first kappa shape index (κ1) is 14.7. The van der Waals surface area contributed by atoms with Gasteiger partial charge in [0.25, 0.3) is 5.91 Å². The second kappa shape index (κ2) is 4.82. The Morgan fingerprint density at radius 2 is 2.04 bits per heavy atom. The molecule has 124 valence electrons. The quantitative estimate of drug-likeness (QED) is 0.860. The molecule has 0 aromatic carbocycles. The van der Waals surface area contributed by atoms with Gasteiger partial charge in [-0.15, -0.1) is 0 Å². The maximum Gasteiger partial charge on any atom is 0.274 e. The molecule has 6 nitrogen and oxygen atoms in total. The molecule has 4 rings (SSSR count). The molecule has 0 radical (unpaired) electrons. The van der Waals surface area contributed by atoms with Crippen LogP contribution in [0.3, 0.4) is 0 Å². The molecule has 3 heterocycles. The highest BCUT2D eigenvalue weighted by Crippen LogP contribution is 2.54. The molecule has 3 atom stereocenters. The van der Waals surface area contributed by atoms with E-state index in [0.717, 1.165) is 19.5 Å². The molecule has 0 N–H and O–H groups in total. The summed E-state index contributed by atoms with van der Waals surface area (Å²) in [5.74, 6) is 1.69. The van der Waals surface area contributed by atoms with Crippen LogP contribution in [0.4, 0.5) is 0 Å². The zero-order valence-electron chi connectivity index (χ0n) is 14.2. The summed E-state index contributed by atoms with van der Waals surface area (Å²) in [7, 11) is 0. The van der Waals surface area contributed by atoms with Crippen molar-refractivity contribution in [2.24, 2.45) is 22.9 Å². The van der Waals surface area contributed by atoms with Crippen molar-refractivity contribution in [3.63, 3.8) is 0 Å². The fourth-order valence-corrected chi connectivity index (χ4v) is 3.94. The zero-order valence-corrected chi connectivity index (χ0v) is 14.2. The lowest BCUT2D eigenvalue weighted by atomic mass is 9.98. The second-order valence-electron chi connectivity index (χ2n) is 7.97. The lowest BCUT2D eigenvalue weighted by Crippen LogP contribution is -2.33. The molecule has 1 aromatic rings. The first-order valence-electron chi connectivity index (χ1n) is 8.43. The van der Waals surface area contributed by atoms with E-state index in [1.807, 2.05) is 15.7 Å². The van der Waals surface area contributed by atoms with Crippen LogP contribution in [0.1, 0.15) is 50.6 Å².